The molecule has 0 radical (unpaired) electrons. The zero-order valence-corrected chi connectivity index (χ0v) is 18.7. The Hall–Kier alpha value is -4.00. The molecule has 33 heavy (non-hydrogen) atoms. The number of esters is 1. The lowest BCUT2D eigenvalue weighted by molar-refractivity contribution is -0.163. The number of ketones is 1. The fraction of sp³-hybridized carbons (Fsp3) is 0.231. The van der Waals surface area contributed by atoms with Gasteiger partial charge in [0.1, 0.15) is 5.60 Å². The maximum atomic E-state index is 13.1. The Labute approximate surface area is 191 Å². The van der Waals surface area contributed by atoms with E-state index in [1.807, 2.05) is 42.5 Å². The van der Waals surface area contributed by atoms with Gasteiger partial charge in [-0.25, -0.2) is 9.59 Å². The van der Waals surface area contributed by atoms with E-state index in [-0.39, 0.29) is 12.1 Å². The maximum Gasteiger partial charge on any atom is 0.375 e. The number of carboxylic acids is 1. The van der Waals surface area contributed by atoms with Crippen molar-refractivity contribution < 1.29 is 29.0 Å². The molecular weight excluding hydrogens is 422 g/mol. The van der Waals surface area contributed by atoms with Crippen LogP contribution in [0.1, 0.15) is 43.1 Å². The molecule has 1 amide bonds. The normalized spacial score (nSPS) is 11.1. The quantitative estimate of drug-likeness (QED) is 0.328. The van der Waals surface area contributed by atoms with Crippen LogP contribution in [0.15, 0.2) is 66.7 Å². The van der Waals surface area contributed by atoms with Gasteiger partial charge in [0.25, 0.3) is 0 Å². The summed E-state index contributed by atoms with van der Waals surface area (Å²) in [6.07, 6.45) is -0.695. The summed E-state index contributed by atoms with van der Waals surface area (Å²) in [7, 11) is 0. The van der Waals surface area contributed by atoms with Crippen molar-refractivity contribution in [1.82, 2.24) is 0 Å². The second kappa shape index (κ2) is 9.65. The smallest absolute Gasteiger partial charge is 0.375 e. The lowest BCUT2D eigenvalue weighted by atomic mass is 10.1. The molecular formula is C26H25NO6. The molecule has 0 fully saturated rings. The van der Waals surface area contributed by atoms with Gasteiger partial charge in [-0.1, -0.05) is 42.5 Å². The highest BCUT2D eigenvalue weighted by Gasteiger charge is 2.28. The number of Topliss-reactive ketones (excluding diaryl/α,β-unsaturated/α-hetero) is 1. The van der Waals surface area contributed by atoms with Crippen molar-refractivity contribution in [2.24, 2.45) is 0 Å². The first-order valence-corrected chi connectivity index (χ1v) is 10.4. The van der Waals surface area contributed by atoms with Crippen molar-refractivity contribution in [2.45, 2.75) is 39.3 Å². The zero-order valence-electron chi connectivity index (χ0n) is 18.7. The Morgan fingerprint density at radius 1 is 0.879 bits per heavy atom. The van der Waals surface area contributed by atoms with Gasteiger partial charge >= 0.3 is 11.9 Å². The number of benzene rings is 3. The number of amides is 1. The van der Waals surface area contributed by atoms with Crippen LogP contribution in [0.2, 0.25) is 0 Å². The Morgan fingerprint density at radius 2 is 1.58 bits per heavy atom. The summed E-state index contributed by atoms with van der Waals surface area (Å²) in [5.41, 5.74) is 0.232. The number of fused-ring (bicyclic) bond motifs is 1. The summed E-state index contributed by atoms with van der Waals surface area (Å²) in [5.74, 6) is -3.82. The Bertz CT molecular complexity index is 1220. The van der Waals surface area contributed by atoms with E-state index in [0.29, 0.717) is 5.69 Å². The van der Waals surface area contributed by atoms with E-state index in [9.17, 15) is 24.3 Å². The molecule has 0 heterocycles. The third-order valence-electron chi connectivity index (χ3n) is 4.80. The van der Waals surface area contributed by atoms with Crippen LogP contribution in [-0.2, 0) is 25.7 Å². The number of carbonyl (C=O) groups excluding carboxylic acids is 3. The predicted molar refractivity (Wildman–Crippen MR) is 124 cm³/mol. The molecule has 7 heteroatoms. The lowest BCUT2D eigenvalue weighted by Gasteiger charge is -2.24. The zero-order chi connectivity index (χ0) is 24.2. The number of hydrogen-bond donors (Lipinski definition) is 1. The molecule has 0 aliphatic rings. The molecule has 170 valence electrons. The van der Waals surface area contributed by atoms with E-state index >= 15 is 0 Å². The summed E-state index contributed by atoms with van der Waals surface area (Å²) < 4.78 is 5.07. The molecule has 3 aromatic rings. The van der Waals surface area contributed by atoms with Crippen molar-refractivity contribution in [2.75, 3.05) is 4.90 Å². The number of carbonyl (C=O) groups is 4. The van der Waals surface area contributed by atoms with Crippen molar-refractivity contribution in [3.05, 3.63) is 77.9 Å². The number of rotatable bonds is 7. The summed E-state index contributed by atoms with van der Waals surface area (Å²) in [4.78, 5) is 50.3. The Kier molecular flexibility index (Phi) is 6.92. The van der Waals surface area contributed by atoms with Gasteiger partial charge in [-0.05, 0) is 61.4 Å². The van der Waals surface area contributed by atoms with Crippen molar-refractivity contribution in [3.8, 4) is 0 Å². The molecule has 0 saturated carbocycles. The SMILES string of the molecule is CC(C)(C)OC(=O)C(=O)CC(=O)N(Cc1ccc2ccccc2c1)c1cccc(C(=O)O)c1. The minimum Gasteiger partial charge on any atom is -0.478 e. The standard InChI is InChI=1S/C26H25NO6/c1-26(2,3)33-25(32)22(28)15-23(29)27(21-10-6-9-20(14-21)24(30)31)16-17-11-12-18-7-4-5-8-19(18)13-17/h4-14H,15-16H2,1-3H3,(H,30,31). The van der Waals surface area contributed by atoms with Crippen molar-refractivity contribution in [1.29, 1.82) is 0 Å². The molecule has 1 N–H and O–H groups in total. The van der Waals surface area contributed by atoms with E-state index in [1.165, 1.54) is 23.1 Å². The topological polar surface area (TPSA) is 101 Å². The molecule has 0 aromatic heterocycles. The predicted octanol–water partition coefficient (Wildman–Crippen LogP) is 4.37. The van der Waals surface area contributed by atoms with Gasteiger partial charge in [0.2, 0.25) is 11.7 Å². The largest absolute Gasteiger partial charge is 0.478 e. The molecule has 0 saturated heterocycles. The van der Waals surface area contributed by atoms with E-state index in [2.05, 4.69) is 0 Å². The van der Waals surface area contributed by atoms with E-state index < -0.39 is 35.7 Å². The number of aromatic carboxylic acids is 1. The molecule has 0 bridgehead atoms. The molecule has 7 nitrogen and oxygen atoms in total. The van der Waals surface area contributed by atoms with Crippen LogP contribution in [0.25, 0.3) is 10.8 Å². The number of nitrogens with zero attached hydrogens (tertiary/aromatic N) is 1. The highest BCUT2D eigenvalue weighted by atomic mass is 16.6. The van der Waals surface area contributed by atoms with Crippen LogP contribution < -0.4 is 4.90 Å². The highest BCUT2D eigenvalue weighted by molar-refractivity contribution is 6.37. The molecule has 3 rings (SSSR count). The van der Waals surface area contributed by atoms with Gasteiger partial charge in [-0.3, -0.25) is 9.59 Å². The van der Waals surface area contributed by atoms with Gasteiger partial charge < -0.3 is 14.7 Å². The summed E-state index contributed by atoms with van der Waals surface area (Å²) in [6, 6.07) is 19.3. The van der Waals surface area contributed by atoms with Gasteiger partial charge in [0.15, 0.2) is 0 Å². The second-order valence-electron chi connectivity index (χ2n) is 8.62. The fourth-order valence-corrected chi connectivity index (χ4v) is 3.29. The van der Waals surface area contributed by atoms with Crippen LogP contribution in [-0.4, -0.2) is 34.3 Å². The number of ether oxygens (including phenoxy) is 1. The van der Waals surface area contributed by atoms with Crippen molar-refractivity contribution >= 4 is 40.1 Å². The fourth-order valence-electron chi connectivity index (χ4n) is 3.29. The third kappa shape index (κ3) is 6.26. The van der Waals surface area contributed by atoms with Crippen LogP contribution in [0.3, 0.4) is 0 Å². The van der Waals surface area contributed by atoms with Crippen LogP contribution in [0, 0.1) is 0 Å². The van der Waals surface area contributed by atoms with Gasteiger partial charge in [-0.15, -0.1) is 0 Å². The average molecular weight is 447 g/mol. The highest BCUT2D eigenvalue weighted by Crippen LogP contribution is 2.23. The second-order valence-corrected chi connectivity index (χ2v) is 8.62. The molecule has 0 unspecified atom stereocenters. The Balaban J connectivity index is 1.91. The van der Waals surface area contributed by atoms with Crippen LogP contribution in [0.4, 0.5) is 5.69 Å². The number of hydrogen-bond acceptors (Lipinski definition) is 5. The van der Waals surface area contributed by atoms with Crippen LogP contribution in [0.5, 0.6) is 0 Å². The monoisotopic (exact) mass is 447 g/mol. The first kappa shape index (κ1) is 23.7. The van der Waals surface area contributed by atoms with Gasteiger partial charge in [0, 0.05) is 5.69 Å². The van der Waals surface area contributed by atoms with E-state index in [0.717, 1.165) is 16.3 Å². The van der Waals surface area contributed by atoms with Crippen LogP contribution >= 0.6 is 0 Å². The average Bonchev–Trinajstić information content (AvgIpc) is 2.76. The molecule has 3 aromatic carbocycles. The summed E-state index contributed by atoms with van der Waals surface area (Å²) >= 11 is 0. The molecule has 0 aliphatic carbocycles. The van der Waals surface area contributed by atoms with E-state index in [4.69, 9.17) is 4.74 Å². The third-order valence-corrected chi connectivity index (χ3v) is 4.80. The summed E-state index contributed by atoms with van der Waals surface area (Å²) in [5, 5.41) is 11.4. The minimum atomic E-state index is -1.14. The van der Waals surface area contributed by atoms with E-state index in [1.54, 1.807) is 26.8 Å². The number of carboxylic acid groups (broad SMARTS) is 1. The maximum absolute atomic E-state index is 13.1. The molecule has 0 aliphatic heterocycles. The first-order chi connectivity index (χ1) is 15.5. The van der Waals surface area contributed by atoms with Gasteiger partial charge in [-0.2, -0.15) is 0 Å². The van der Waals surface area contributed by atoms with Gasteiger partial charge in [0.05, 0.1) is 18.5 Å². The number of anilines is 1. The lowest BCUT2D eigenvalue weighted by Crippen LogP contribution is -2.36. The molecule has 0 spiro atoms. The first-order valence-electron chi connectivity index (χ1n) is 10.4. The van der Waals surface area contributed by atoms with Crippen molar-refractivity contribution in [3.63, 3.8) is 0 Å². The minimum absolute atomic E-state index is 0.00211. The Morgan fingerprint density at radius 3 is 2.24 bits per heavy atom. The molecule has 0 atom stereocenters. The summed E-state index contributed by atoms with van der Waals surface area (Å²) in [6.45, 7) is 4.98.